The highest BCUT2D eigenvalue weighted by atomic mass is 16.5. The summed E-state index contributed by atoms with van der Waals surface area (Å²) in [7, 11) is 0. The second kappa shape index (κ2) is 6.64. The van der Waals surface area contributed by atoms with Crippen LogP contribution in [0.25, 0.3) is 0 Å². The van der Waals surface area contributed by atoms with Gasteiger partial charge in [0.15, 0.2) is 0 Å². The van der Waals surface area contributed by atoms with E-state index in [0.717, 1.165) is 57.8 Å². The molecule has 7 nitrogen and oxygen atoms in total. The van der Waals surface area contributed by atoms with Gasteiger partial charge in [-0.1, -0.05) is 0 Å². The first-order valence-corrected chi connectivity index (χ1v) is 8.79. The van der Waals surface area contributed by atoms with E-state index < -0.39 is 0 Å². The molecule has 3 aliphatic rings. The van der Waals surface area contributed by atoms with Gasteiger partial charge in [0.05, 0.1) is 19.2 Å². The van der Waals surface area contributed by atoms with Crippen LogP contribution in [0, 0.1) is 0 Å². The summed E-state index contributed by atoms with van der Waals surface area (Å²) in [6, 6.07) is 1.82. The zero-order chi connectivity index (χ0) is 16.4. The fourth-order valence-electron chi connectivity index (χ4n) is 3.84. The van der Waals surface area contributed by atoms with Crippen molar-refractivity contribution >= 4 is 11.9 Å². The van der Waals surface area contributed by atoms with Crippen LogP contribution in [0.1, 0.15) is 25.7 Å². The van der Waals surface area contributed by atoms with Crippen molar-refractivity contribution in [2.45, 2.75) is 37.4 Å². The van der Waals surface area contributed by atoms with E-state index in [1.807, 2.05) is 11.0 Å². The molecule has 3 aliphatic heterocycles. The van der Waals surface area contributed by atoms with E-state index in [0.29, 0.717) is 6.61 Å². The Bertz CT molecular complexity index is 570. The Morgan fingerprint density at radius 1 is 1.29 bits per heavy atom. The van der Waals surface area contributed by atoms with Crippen LogP contribution in [-0.4, -0.2) is 71.9 Å². The van der Waals surface area contributed by atoms with Crippen molar-refractivity contribution in [3.8, 4) is 0 Å². The topological polar surface area (TPSA) is 67.8 Å². The SMILES string of the molecule is O=C(CO[C@H]1CCOC2(C1)CN(c1ncccn1)C2)N1CCCC1. The molecule has 1 aromatic heterocycles. The second-order valence-corrected chi connectivity index (χ2v) is 6.95. The van der Waals surface area contributed by atoms with Crippen LogP contribution < -0.4 is 4.90 Å². The Balaban J connectivity index is 1.26. The molecule has 4 heterocycles. The largest absolute Gasteiger partial charge is 0.371 e. The highest BCUT2D eigenvalue weighted by molar-refractivity contribution is 5.77. The van der Waals surface area contributed by atoms with Crippen molar-refractivity contribution in [3.05, 3.63) is 18.5 Å². The van der Waals surface area contributed by atoms with Gasteiger partial charge in [0.1, 0.15) is 12.2 Å². The van der Waals surface area contributed by atoms with Gasteiger partial charge in [0.2, 0.25) is 11.9 Å². The van der Waals surface area contributed by atoms with Crippen LogP contribution in [0.3, 0.4) is 0 Å². The third-order valence-electron chi connectivity index (χ3n) is 5.14. The van der Waals surface area contributed by atoms with E-state index in [-0.39, 0.29) is 24.2 Å². The molecule has 1 spiro atoms. The summed E-state index contributed by atoms with van der Waals surface area (Å²) >= 11 is 0. The van der Waals surface area contributed by atoms with Gasteiger partial charge in [-0.2, -0.15) is 0 Å². The Labute approximate surface area is 142 Å². The third kappa shape index (κ3) is 3.23. The van der Waals surface area contributed by atoms with Crippen LogP contribution in [-0.2, 0) is 14.3 Å². The number of rotatable bonds is 4. The highest BCUT2D eigenvalue weighted by Crippen LogP contribution is 2.36. The number of hydrogen-bond donors (Lipinski definition) is 0. The normalized spacial score (nSPS) is 25.8. The fourth-order valence-corrected chi connectivity index (χ4v) is 3.84. The predicted molar refractivity (Wildman–Crippen MR) is 87.7 cm³/mol. The molecule has 24 heavy (non-hydrogen) atoms. The van der Waals surface area contributed by atoms with Gasteiger partial charge in [-0.05, 0) is 25.3 Å². The number of likely N-dealkylation sites (tertiary alicyclic amines) is 1. The van der Waals surface area contributed by atoms with Gasteiger partial charge >= 0.3 is 0 Å². The van der Waals surface area contributed by atoms with Crippen LogP contribution in [0.2, 0.25) is 0 Å². The summed E-state index contributed by atoms with van der Waals surface area (Å²) in [5.41, 5.74) is -0.168. The van der Waals surface area contributed by atoms with Crippen molar-refractivity contribution < 1.29 is 14.3 Å². The fraction of sp³-hybridized carbons (Fsp3) is 0.706. The Morgan fingerprint density at radius 2 is 2.04 bits per heavy atom. The minimum absolute atomic E-state index is 0.101. The van der Waals surface area contributed by atoms with Crippen molar-refractivity contribution in [2.75, 3.05) is 44.3 Å². The van der Waals surface area contributed by atoms with Crippen LogP contribution in [0.5, 0.6) is 0 Å². The predicted octanol–water partition coefficient (Wildman–Crippen LogP) is 0.853. The van der Waals surface area contributed by atoms with Gasteiger partial charge in [-0.25, -0.2) is 9.97 Å². The summed E-state index contributed by atoms with van der Waals surface area (Å²) in [4.78, 5) is 24.7. The Kier molecular flexibility index (Phi) is 4.37. The van der Waals surface area contributed by atoms with Crippen LogP contribution in [0.4, 0.5) is 5.95 Å². The maximum atomic E-state index is 12.1. The molecular formula is C17H24N4O3. The molecule has 1 aromatic rings. The van der Waals surface area contributed by atoms with E-state index in [1.165, 1.54) is 0 Å². The second-order valence-electron chi connectivity index (χ2n) is 6.95. The first-order chi connectivity index (χ1) is 11.7. The summed E-state index contributed by atoms with van der Waals surface area (Å²) in [5, 5.41) is 0. The molecule has 0 N–H and O–H groups in total. The number of nitrogens with zero attached hydrogens (tertiary/aromatic N) is 4. The molecule has 0 bridgehead atoms. The zero-order valence-corrected chi connectivity index (χ0v) is 13.9. The highest BCUT2D eigenvalue weighted by Gasteiger charge is 2.48. The smallest absolute Gasteiger partial charge is 0.248 e. The van der Waals surface area contributed by atoms with E-state index in [2.05, 4.69) is 14.9 Å². The van der Waals surface area contributed by atoms with Gasteiger partial charge in [0, 0.05) is 38.5 Å². The summed E-state index contributed by atoms with van der Waals surface area (Å²) in [5.74, 6) is 0.875. The number of aromatic nitrogens is 2. The standard InChI is InChI=1S/C17H24N4O3/c22-15(20-7-1-2-8-20)11-23-14-4-9-24-17(10-14)12-21(13-17)16-18-5-3-6-19-16/h3,5-6,14H,1-2,4,7-13H2/t14-/m0/s1. The average molecular weight is 332 g/mol. The molecule has 7 heteroatoms. The maximum Gasteiger partial charge on any atom is 0.248 e. The molecule has 0 saturated carbocycles. The van der Waals surface area contributed by atoms with Gasteiger partial charge in [0.25, 0.3) is 0 Å². The Morgan fingerprint density at radius 3 is 2.79 bits per heavy atom. The molecule has 0 aromatic carbocycles. The first kappa shape index (κ1) is 15.8. The molecule has 0 radical (unpaired) electrons. The van der Waals surface area contributed by atoms with Crippen molar-refractivity contribution in [2.24, 2.45) is 0 Å². The summed E-state index contributed by atoms with van der Waals surface area (Å²) < 4.78 is 11.9. The lowest BCUT2D eigenvalue weighted by molar-refractivity contribution is -0.157. The molecule has 3 fully saturated rings. The lowest BCUT2D eigenvalue weighted by atomic mass is 9.85. The number of carbonyl (C=O) groups is 1. The molecule has 130 valence electrons. The molecular weight excluding hydrogens is 308 g/mol. The molecule has 4 rings (SSSR count). The van der Waals surface area contributed by atoms with E-state index in [4.69, 9.17) is 9.47 Å². The van der Waals surface area contributed by atoms with Crippen molar-refractivity contribution in [1.82, 2.24) is 14.9 Å². The van der Waals surface area contributed by atoms with Crippen molar-refractivity contribution in [3.63, 3.8) is 0 Å². The first-order valence-electron chi connectivity index (χ1n) is 8.79. The quantitative estimate of drug-likeness (QED) is 0.814. The lowest BCUT2D eigenvalue weighted by Gasteiger charge is -2.52. The minimum Gasteiger partial charge on any atom is -0.371 e. The van der Waals surface area contributed by atoms with Crippen molar-refractivity contribution in [1.29, 1.82) is 0 Å². The number of anilines is 1. The van der Waals surface area contributed by atoms with E-state index in [9.17, 15) is 4.79 Å². The molecule has 1 amide bonds. The van der Waals surface area contributed by atoms with E-state index in [1.54, 1.807) is 12.4 Å². The number of ether oxygens (including phenoxy) is 2. The number of amides is 1. The molecule has 0 unspecified atom stereocenters. The van der Waals surface area contributed by atoms with Gasteiger partial charge < -0.3 is 19.3 Å². The summed E-state index contributed by atoms with van der Waals surface area (Å²) in [6.07, 6.45) is 7.53. The lowest BCUT2D eigenvalue weighted by Crippen LogP contribution is -2.66. The Hall–Kier alpha value is -1.73. The zero-order valence-electron chi connectivity index (χ0n) is 13.9. The molecule has 1 atom stereocenters. The third-order valence-corrected chi connectivity index (χ3v) is 5.14. The number of hydrogen-bond acceptors (Lipinski definition) is 6. The monoisotopic (exact) mass is 332 g/mol. The van der Waals surface area contributed by atoms with Gasteiger partial charge in [-0.3, -0.25) is 4.79 Å². The van der Waals surface area contributed by atoms with Crippen LogP contribution >= 0.6 is 0 Å². The van der Waals surface area contributed by atoms with E-state index >= 15 is 0 Å². The van der Waals surface area contributed by atoms with Gasteiger partial charge in [-0.15, -0.1) is 0 Å². The maximum absolute atomic E-state index is 12.1. The molecule has 0 aliphatic carbocycles. The average Bonchev–Trinajstić information content (AvgIpc) is 3.13. The minimum atomic E-state index is -0.168. The number of carbonyl (C=O) groups excluding carboxylic acids is 1. The van der Waals surface area contributed by atoms with Crippen LogP contribution in [0.15, 0.2) is 18.5 Å². The summed E-state index contributed by atoms with van der Waals surface area (Å²) in [6.45, 7) is 4.23. The molecule has 3 saturated heterocycles.